The Hall–Kier alpha value is -4.04. The Morgan fingerprint density at radius 2 is 1.71 bits per heavy atom. The second-order valence-corrected chi connectivity index (χ2v) is 8.38. The predicted molar refractivity (Wildman–Crippen MR) is 134 cm³/mol. The number of carbonyl (C=O) groups is 2. The van der Waals surface area contributed by atoms with Gasteiger partial charge in [0.25, 0.3) is 11.8 Å². The summed E-state index contributed by atoms with van der Waals surface area (Å²) in [5.41, 5.74) is 5.80. The van der Waals surface area contributed by atoms with Crippen molar-refractivity contribution < 1.29 is 23.8 Å². The third kappa shape index (κ3) is 5.91. The first-order chi connectivity index (χ1) is 16.8. The van der Waals surface area contributed by atoms with Crippen molar-refractivity contribution in [3.05, 3.63) is 82.4 Å². The SMILES string of the molecule is C/C(=N\NC(=O)c1ccc2c(c1)OCO2)c1ccc(NC(=O)C(C)Oc2ccc(Cl)cc2C)cc1. The van der Waals surface area contributed by atoms with E-state index in [0.29, 0.717) is 39.2 Å². The fourth-order valence-corrected chi connectivity index (χ4v) is 3.56. The standard InChI is InChI=1S/C26H24ClN3O5/c1-15-12-20(27)7-11-22(15)35-17(3)25(31)28-21-8-4-18(5-9-21)16(2)29-30-26(32)19-6-10-23-24(13-19)34-14-33-23/h4-13,17H,14H2,1-3H3,(H,28,31)(H,30,32)/b29-16+. The molecule has 35 heavy (non-hydrogen) atoms. The quantitative estimate of drug-likeness (QED) is 0.359. The molecule has 1 aliphatic rings. The van der Waals surface area contributed by atoms with Gasteiger partial charge < -0.3 is 19.5 Å². The summed E-state index contributed by atoms with van der Waals surface area (Å²) < 4.78 is 16.3. The lowest BCUT2D eigenvalue weighted by Gasteiger charge is -2.16. The Balaban J connectivity index is 1.33. The Labute approximate surface area is 207 Å². The van der Waals surface area contributed by atoms with Gasteiger partial charge in [-0.2, -0.15) is 5.10 Å². The molecule has 0 saturated heterocycles. The van der Waals surface area contributed by atoms with Gasteiger partial charge in [-0.15, -0.1) is 0 Å². The van der Waals surface area contributed by atoms with E-state index in [-0.39, 0.29) is 18.6 Å². The highest BCUT2D eigenvalue weighted by Crippen LogP contribution is 2.32. The van der Waals surface area contributed by atoms with E-state index < -0.39 is 6.10 Å². The first kappa shape index (κ1) is 24.1. The summed E-state index contributed by atoms with van der Waals surface area (Å²) in [4.78, 5) is 25.0. The minimum atomic E-state index is -0.704. The summed E-state index contributed by atoms with van der Waals surface area (Å²) in [6, 6.07) is 17.3. The van der Waals surface area contributed by atoms with Gasteiger partial charge in [0.05, 0.1) is 5.71 Å². The molecule has 180 valence electrons. The maximum Gasteiger partial charge on any atom is 0.271 e. The van der Waals surface area contributed by atoms with Crippen molar-refractivity contribution >= 4 is 34.8 Å². The second-order valence-electron chi connectivity index (χ2n) is 7.94. The molecule has 1 aliphatic heterocycles. The van der Waals surface area contributed by atoms with E-state index in [2.05, 4.69) is 15.8 Å². The van der Waals surface area contributed by atoms with Crippen LogP contribution in [0.2, 0.25) is 5.02 Å². The topological polar surface area (TPSA) is 98.3 Å². The van der Waals surface area contributed by atoms with Gasteiger partial charge in [-0.3, -0.25) is 9.59 Å². The molecule has 1 unspecified atom stereocenters. The van der Waals surface area contributed by atoms with E-state index in [1.807, 2.05) is 6.92 Å². The van der Waals surface area contributed by atoms with Gasteiger partial charge in [-0.25, -0.2) is 5.43 Å². The summed E-state index contributed by atoms with van der Waals surface area (Å²) in [5.74, 6) is 1.08. The minimum Gasteiger partial charge on any atom is -0.481 e. The molecule has 0 saturated carbocycles. The number of nitrogens with zero attached hydrogens (tertiary/aromatic N) is 1. The average molecular weight is 494 g/mol. The maximum absolute atomic E-state index is 12.5. The zero-order valence-electron chi connectivity index (χ0n) is 19.4. The highest BCUT2D eigenvalue weighted by atomic mass is 35.5. The van der Waals surface area contributed by atoms with Crippen LogP contribution in [0.5, 0.6) is 17.2 Å². The number of fused-ring (bicyclic) bond motifs is 1. The number of hydrogen-bond acceptors (Lipinski definition) is 6. The molecule has 0 spiro atoms. The molecule has 0 aromatic heterocycles. The lowest BCUT2D eigenvalue weighted by atomic mass is 10.1. The van der Waals surface area contributed by atoms with E-state index in [1.54, 1.807) is 74.5 Å². The predicted octanol–water partition coefficient (Wildman–Crippen LogP) is 4.94. The van der Waals surface area contributed by atoms with Crippen LogP contribution < -0.4 is 25.0 Å². The second kappa shape index (κ2) is 10.5. The smallest absolute Gasteiger partial charge is 0.271 e. The molecule has 8 nitrogen and oxygen atoms in total. The monoisotopic (exact) mass is 493 g/mol. The van der Waals surface area contributed by atoms with Gasteiger partial charge in [0.1, 0.15) is 5.75 Å². The van der Waals surface area contributed by atoms with E-state index in [4.69, 9.17) is 25.8 Å². The highest BCUT2D eigenvalue weighted by Gasteiger charge is 2.17. The molecular formula is C26H24ClN3O5. The Morgan fingerprint density at radius 3 is 2.46 bits per heavy atom. The van der Waals surface area contributed by atoms with Crippen LogP contribution in [0.3, 0.4) is 0 Å². The number of aryl methyl sites for hydroxylation is 1. The van der Waals surface area contributed by atoms with Crippen LogP contribution in [-0.4, -0.2) is 30.4 Å². The van der Waals surface area contributed by atoms with Crippen molar-refractivity contribution in [3.8, 4) is 17.2 Å². The summed E-state index contributed by atoms with van der Waals surface area (Å²) in [6.07, 6.45) is -0.704. The fraction of sp³-hybridized carbons (Fsp3) is 0.192. The number of halogens is 1. The van der Waals surface area contributed by atoms with Gasteiger partial charge in [0, 0.05) is 16.3 Å². The highest BCUT2D eigenvalue weighted by molar-refractivity contribution is 6.30. The summed E-state index contributed by atoms with van der Waals surface area (Å²) in [5, 5.41) is 7.61. The van der Waals surface area contributed by atoms with Crippen molar-refractivity contribution in [3.63, 3.8) is 0 Å². The molecule has 4 rings (SSSR count). The molecule has 2 N–H and O–H groups in total. The fourth-order valence-electron chi connectivity index (χ4n) is 3.33. The van der Waals surface area contributed by atoms with Crippen LogP contribution in [0.15, 0.2) is 65.8 Å². The van der Waals surface area contributed by atoms with E-state index in [0.717, 1.165) is 11.1 Å². The summed E-state index contributed by atoms with van der Waals surface area (Å²) in [7, 11) is 0. The Kier molecular flexibility index (Phi) is 7.22. The molecular weight excluding hydrogens is 470 g/mol. The number of hydrogen-bond donors (Lipinski definition) is 2. The number of hydrazone groups is 1. The van der Waals surface area contributed by atoms with E-state index >= 15 is 0 Å². The zero-order valence-corrected chi connectivity index (χ0v) is 20.2. The molecule has 3 aromatic carbocycles. The molecule has 3 aromatic rings. The van der Waals surface area contributed by atoms with Crippen LogP contribution >= 0.6 is 11.6 Å². The number of nitrogens with one attached hydrogen (secondary N) is 2. The van der Waals surface area contributed by atoms with Crippen molar-refractivity contribution in [2.45, 2.75) is 26.9 Å². The third-order valence-corrected chi connectivity index (χ3v) is 5.58. The van der Waals surface area contributed by atoms with Gasteiger partial charge >= 0.3 is 0 Å². The summed E-state index contributed by atoms with van der Waals surface area (Å²) in [6.45, 7) is 5.46. The van der Waals surface area contributed by atoms with Crippen LogP contribution in [0.25, 0.3) is 0 Å². The maximum atomic E-state index is 12.5. The molecule has 0 radical (unpaired) electrons. The van der Waals surface area contributed by atoms with Crippen molar-refractivity contribution in [2.24, 2.45) is 5.10 Å². The van der Waals surface area contributed by atoms with Crippen molar-refractivity contribution in [1.82, 2.24) is 5.43 Å². The van der Waals surface area contributed by atoms with Crippen LogP contribution in [0.4, 0.5) is 5.69 Å². The van der Waals surface area contributed by atoms with Crippen molar-refractivity contribution in [1.29, 1.82) is 0 Å². The normalized spacial score (nSPS) is 13.2. The largest absolute Gasteiger partial charge is 0.481 e. The summed E-state index contributed by atoms with van der Waals surface area (Å²) >= 11 is 5.97. The molecule has 0 aliphatic carbocycles. The molecule has 1 atom stereocenters. The number of anilines is 1. The van der Waals surface area contributed by atoms with Crippen LogP contribution in [0, 0.1) is 6.92 Å². The number of amides is 2. The molecule has 2 amide bonds. The molecule has 0 bridgehead atoms. The Morgan fingerprint density at radius 1 is 1.00 bits per heavy atom. The van der Waals surface area contributed by atoms with Crippen LogP contribution in [-0.2, 0) is 4.79 Å². The average Bonchev–Trinajstić information content (AvgIpc) is 3.32. The number of carbonyl (C=O) groups excluding carboxylic acids is 2. The number of rotatable bonds is 7. The Bertz CT molecular complexity index is 1290. The molecule has 9 heteroatoms. The van der Waals surface area contributed by atoms with Crippen molar-refractivity contribution in [2.75, 3.05) is 12.1 Å². The number of benzene rings is 3. The lowest BCUT2D eigenvalue weighted by molar-refractivity contribution is -0.122. The van der Waals surface area contributed by atoms with Gasteiger partial charge in [0.2, 0.25) is 6.79 Å². The minimum absolute atomic E-state index is 0.141. The van der Waals surface area contributed by atoms with Gasteiger partial charge in [-0.1, -0.05) is 23.7 Å². The first-order valence-corrected chi connectivity index (χ1v) is 11.3. The molecule has 1 heterocycles. The van der Waals surface area contributed by atoms with Gasteiger partial charge in [0.15, 0.2) is 17.6 Å². The lowest BCUT2D eigenvalue weighted by Crippen LogP contribution is -2.30. The number of ether oxygens (including phenoxy) is 3. The van der Waals surface area contributed by atoms with Gasteiger partial charge in [-0.05, 0) is 80.4 Å². The first-order valence-electron chi connectivity index (χ1n) is 10.9. The van der Waals surface area contributed by atoms with E-state index in [9.17, 15) is 9.59 Å². The van der Waals surface area contributed by atoms with E-state index in [1.165, 1.54) is 0 Å². The zero-order chi connectivity index (χ0) is 24.9. The van der Waals surface area contributed by atoms with Crippen LogP contribution in [0.1, 0.15) is 35.3 Å². The molecule has 0 fully saturated rings. The third-order valence-electron chi connectivity index (χ3n) is 5.34.